The molecule has 0 saturated carbocycles. The lowest BCUT2D eigenvalue weighted by Crippen LogP contribution is -2.43. The molecule has 0 aromatic heterocycles. The quantitative estimate of drug-likeness (QED) is 0.781. The molecule has 1 aromatic carbocycles. The van der Waals surface area contributed by atoms with Gasteiger partial charge in [0.2, 0.25) is 0 Å². The lowest BCUT2D eigenvalue weighted by Gasteiger charge is -2.28. The van der Waals surface area contributed by atoms with E-state index in [1.54, 1.807) is 19.1 Å². The smallest absolute Gasteiger partial charge is 0.341 e. The minimum atomic E-state index is -0.945. The number of anilines is 1. The summed E-state index contributed by atoms with van der Waals surface area (Å²) < 4.78 is 15.3. The molecule has 6 nitrogen and oxygen atoms in total. The zero-order valence-electron chi connectivity index (χ0n) is 14.6. The van der Waals surface area contributed by atoms with Crippen molar-refractivity contribution in [2.75, 3.05) is 26.6 Å². The van der Waals surface area contributed by atoms with Crippen molar-refractivity contribution in [1.82, 2.24) is 0 Å². The van der Waals surface area contributed by atoms with E-state index < -0.39 is 11.6 Å². The van der Waals surface area contributed by atoms with E-state index in [1.807, 2.05) is 13.8 Å². The van der Waals surface area contributed by atoms with E-state index in [-0.39, 0.29) is 11.5 Å². The van der Waals surface area contributed by atoms with Gasteiger partial charge in [0.05, 0.1) is 14.2 Å². The zero-order chi connectivity index (χ0) is 17.6. The summed E-state index contributed by atoms with van der Waals surface area (Å²) in [5.41, 5.74) is -0.224. The Kier molecular flexibility index (Phi) is 6.57. The maximum atomic E-state index is 12.5. The maximum absolute atomic E-state index is 12.5. The van der Waals surface area contributed by atoms with Crippen LogP contribution in [0.25, 0.3) is 0 Å². The van der Waals surface area contributed by atoms with Crippen LogP contribution in [0.3, 0.4) is 0 Å². The van der Waals surface area contributed by atoms with Gasteiger partial charge in [-0.2, -0.15) is 0 Å². The average Bonchev–Trinajstić information content (AvgIpc) is 2.53. The maximum Gasteiger partial charge on any atom is 0.341 e. The Labute approximate surface area is 137 Å². The van der Waals surface area contributed by atoms with Gasteiger partial charge in [-0.15, -0.1) is 0 Å². The fourth-order valence-corrected chi connectivity index (χ4v) is 2.37. The van der Waals surface area contributed by atoms with E-state index in [2.05, 4.69) is 5.32 Å². The van der Waals surface area contributed by atoms with Gasteiger partial charge in [-0.3, -0.25) is 4.79 Å². The van der Waals surface area contributed by atoms with Crippen LogP contribution in [0.4, 0.5) is 5.69 Å². The highest BCUT2D eigenvalue weighted by molar-refractivity contribution is 5.99. The molecule has 0 radical (unpaired) electrons. The summed E-state index contributed by atoms with van der Waals surface area (Å²) in [6, 6.07) is 4.79. The zero-order valence-corrected chi connectivity index (χ0v) is 14.6. The molecule has 0 unspecified atom stereocenters. The van der Waals surface area contributed by atoms with Gasteiger partial charge in [0.1, 0.15) is 16.9 Å². The van der Waals surface area contributed by atoms with Gasteiger partial charge in [0, 0.05) is 12.8 Å². The molecule has 0 heterocycles. The lowest BCUT2D eigenvalue weighted by molar-refractivity contribution is -0.137. The standard InChI is InChI=1S/C17H25NO5/c1-11(2)10-17(3,23-6)16(20)18-12-7-8-14(21-4)13(9-12)15(19)22-5/h7-9,11H,10H2,1-6H3,(H,18,20)/t17-/m1/s1. The van der Waals surface area contributed by atoms with Crippen LogP contribution in [0.5, 0.6) is 5.75 Å². The van der Waals surface area contributed by atoms with Crippen molar-refractivity contribution in [3.63, 3.8) is 0 Å². The number of nitrogens with one attached hydrogen (secondary N) is 1. The van der Waals surface area contributed by atoms with Crippen LogP contribution in [-0.4, -0.2) is 38.8 Å². The van der Waals surface area contributed by atoms with Crippen molar-refractivity contribution < 1.29 is 23.8 Å². The second kappa shape index (κ2) is 7.97. The fraction of sp³-hybridized carbons (Fsp3) is 0.529. The second-order valence-electron chi connectivity index (χ2n) is 5.89. The molecular weight excluding hydrogens is 298 g/mol. The number of amides is 1. The van der Waals surface area contributed by atoms with E-state index in [0.717, 1.165) is 0 Å². The summed E-state index contributed by atoms with van der Waals surface area (Å²) in [7, 11) is 4.26. The molecule has 6 heteroatoms. The number of ether oxygens (including phenoxy) is 3. The number of methoxy groups -OCH3 is 3. The summed E-state index contributed by atoms with van der Waals surface area (Å²) in [6.07, 6.45) is 0.579. The molecule has 1 atom stereocenters. The van der Waals surface area contributed by atoms with E-state index in [0.29, 0.717) is 23.8 Å². The molecular formula is C17H25NO5. The third kappa shape index (κ3) is 4.69. The van der Waals surface area contributed by atoms with Crippen LogP contribution in [0, 0.1) is 5.92 Å². The number of hydrogen-bond donors (Lipinski definition) is 1. The van der Waals surface area contributed by atoms with Crippen molar-refractivity contribution in [2.45, 2.75) is 32.8 Å². The summed E-state index contributed by atoms with van der Waals surface area (Å²) in [5.74, 6) is -0.122. The summed E-state index contributed by atoms with van der Waals surface area (Å²) in [5, 5.41) is 2.78. The first kappa shape index (κ1) is 19.0. The summed E-state index contributed by atoms with van der Waals surface area (Å²) in [6.45, 7) is 5.79. The van der Waals surface area contributed by atoms with E-state index in [9.17, 15) is 9.59 Å². The van der Waals surface area contributed by atoms with Gasteiger partial charge in [-0.05, 0) is 37.5 Å². The van der Waals surface area contributed by atoms with Gasteiger partial charge >= 0.3 is 5.97 Å². The molecule has 0 aliphatic carbocycles. The highest BCUT2D eigenvalue weighted by Gasteiger charge is 2.34. The SMILES string of the molecule is COC(=O)c1cc(NC(=O)[C@@](C)(CC(C)C)OC)ccc1OC. The molecule has 0 spiro atoms. The monoisotopic (exact) mass is 323 g/mol. The van der Waals surface area contributed by atoms with Crippen molar-refractivity contribution in [2.24, 2.45) is 5.92 Å². The van der Waals surface area contributed by atoms with Crippen LogP contribution in [-0.2, 0) is 14.3 Å². The number of hydrogen-bond acceptors (Lipinski definition) is 5. The van der Waals surface area contributed by atoms with Crippen molar-refractivity contribution >= 4 is 17.6 Å². The molecule has 1 N–H and O–H groups in total. The van der Waals surface area contributed by atoms with Gasteiger partial charge < -0.3 is 19.5 Å². The van der Waals surface area contributed by atoms with Crippen LogP contribution < -0.4 is 10.1 Å². The van der Waals surface area contributed by atoms with E-state index >= 15 is 0 Å². The molecule has 0 saturated heterocycles. The van der Waals surface area contributed by atoms with Crippen LogP contribution >= 0.6 is 0 Å². The fourth-order valence-electron chi connectivity index (χ4n) is 2.37. The molecule has 1 aromatic rings. The number of benzene rings is 1. The Bertz CT molecular complexity index is 570. The number of carbonyl (C=O) groups excluding carboxylic acids is 2. The largest absolute Gasteiger partial charge is 0.496 e. The first-order chi connectivity index (χ1) is 10.8. The third-order valence-electron chi connectivity index (χ3n) is 3.59. The highest BCUT2D eigenvalue weighted by Crippen LogP contribution is 2.26. The number of esters is 1. The Morgan fingerprint density at radius 3 is 2.35 bits per heavy atom. The highest BCUT2D eigenvalue weighted by atomic mass is 16.5. The first-order valence-corrected chi connectivity index (χ1v) is 7.40. The molecule has 0 bridgehead atoms. The van der Waals surface area contributed by atoms with Gasteiger partial charge in [0.15, 0.2) is 0 Å². The van der Waals surface area contributed by atoms with Crippen LogP contribution in [0.15, 0.2) is 18.2 Å². The predicted molar refractivity (Wildman–Crippen MR) is 87.8 cm³/mol. The van der Waals surface area contributed by atoms with Crippen molar-refractivity contribution in [1.29, 1.82) is 0 Å². The first-order valence-electron chi connectivity index (χ1n) is 7.40. The molecule has 23 heavy (non-hydrogen) atoms. The number of rotatable bonds is 7. The van der Waals surface area contributed by atoms with Crippen molar-refractivity contribution in [3.8, 4) is 5.75 Å². The Hall–Kier alpha value is -2.08. The molecule has 0 aliphatic rings. The average molecular weight is 323 g/mol. The molecule has 1 rings (SSSR count). The van der Waals surface area contributed by atoms with E-state index in [4.69, 9.17) is 14.2 Å². The van der Waals surface area contributed by atoms with Gasteiger partial charge in [0.25, 0.3) is 5.91 Å². The minimum Gasteiger partial charge on any atom is -0.496 e. The number of carbonyl (C=O) groups is 2. The predicted octanol–water partition coefficient (Wildman–Crippen LogP) is 2.87. The summed E-state index contributed by atoms with van der Waals surface area (Å²) in [4.78, 5) is 24.3. The normalized spacial score (nSPS) is 13.3. The molecule has 0 fully saturated rings. The van der Waals surface area contributed by atoms with Crippen molar-refractivity contribution in [3.05, 3.63) is 23.8 Å². The Balaban J connectivity index is 3.04. The molecule has 1 amide bonds. The van der Waals surface area contributed by atoms with Crippen LogP contribution in [0.1, 0.15) is 37.6 Å². The Morgan fingerprint density at radius 1 is 1.22 bits per heavy atom. The summed E-state index contributed by atoms with van der Waals surface area (Å²) >= 11 is 0. The second-order valence-corrected chi connectivity index (χ2v) is 5.89. The minimum absolute atomic E-state index is 0.246. The topological polar surface area (TPSA) is 73.9 Å². The van der Waals surface area contributed by atoms with Gasteiger partial charge in [-0.1, -0.05) is 13.8 Å². The Morgan fingerprint density at radius 2 is 1.87 bits per heavy atom. The van der Waals surface area contributed by atoms with E-state index in [1.165, 1.54) is 27.4 Å². The molecule has 0 aliphatic heterocycles. The third-order valence-corrected chi connectivity index (χ3v) is 3.59. The van der Waals surface area contributed by atoms with Gasteiger partial charge in [-0.25, -0.2) is 4.79 Å². The lowest BCUT2D eigenvalue weighted by atomic mass is 9.93. The molecule has 128 valence electrons. The van der Waals surface area contributed by atoms with Crippen LogP contribution in [0.2, 0.25) is 0 Å².